The van der Waals surface area contributed by atoms with Crippen molar-refractivity contribution in [3.63, 3.8) is 0 Å². The third kappa shape index (κ3) is 5.20. The van der Waals surface area contributed by atoms with Crippen LogP contribution in [-0.4, -0.2) is 76.9 Å². The second kappa shape index (κ2) is 9.31. The van der Waals surface area contributed by atoms with E-state index in [1.165, 1.54) is 30.3 Å². The molecule has 2 aromatic rings. The summed E-state index contributed by atoms with van der Waals surface area (Å²) in [6, 6.07) is 12.1. The van der Waals surface area contributed by atoms with Gasteiger partial charge in [-0.05, 0) is 55.7 Å². The highest BCUT2D eigenvalue weighted by molar-refractivity contribution is 5.48. The lowest BCUT2D eigenvalue weighted by molar-refractivity contribution is -0.149. The van der Waals surface area contributed by atoms with E-state index in [1.807, 2.05) is 9.80 Å². The van der Waals surface area contributed by atoms with Gasteiger partial charge in [-0.3, -0.25) is 4.90 Å². The molecule has 4 rings (SSSR count). The fourth-order valence-corrected chi connectivity index (χ4v) is 4.61. The topological polar surface area (TPSA) is 76.4 Å². The van der Waals surface area contributed by atoms with Gasteiger partial charge in [-0.25, -0.2) is 8.78 Å². The standard InChI is InChI=1S/C24H30F2N2O4/c25-18-5-7-19(8-6-18)32-17-24(31)16-27(12-9-22(24)29)15-23(30)10-13-28(14-11-23)21-4-2-1-3-20(21)26/h1-8,22,29-31H,9-17H2/t22-,24-/m0/s1. The van der Waals surface area contributed by atoms with Crippen molar-refractivity contribution in [1.82, 2.24) is 4.90 Å². The number of β-amino-alcohol motifs (C(OH)–C–C–N with tert-alkyl or cyclic N) is 2. The number of para-hydroxylation sites is 1. The van der Waals surface area contributed by atoms with Crippen molar-refractivity contribution in [3.8, 4) is 5.75 Å². The molecule has 2 saturated heterocycles. The third-order valence-electron chi connectivity index (χ3n) is 6.54. The Morgan fingerprint density at radius 1 is 0.969 bits per heavy atom. The van der Waals surface area contributed by atoms with Crippen molar-refractivity contribution >= 4 is 5.69 Å². The fourth-order valence-electron chi connectivity index (χ4n) is 4.61. The van der Waals surface area contributed by atoms with Crippen LogP contribution in [0, 0.1) is 11.6 Å². The van der Waals surface area contributed by atoms with Gasteiger partial charge in [0.05, 0.1) is 17.4 Å². The monoisotopic (exact) mass is 448 g/mol. The van der Waals surface area contributed by atoms with Crippen LogP contribution in [0.4, 0.5) is 14.5 Å². The van der Waals surface area contributed by atoms with Crippen LogP contribution in [0.5, 0.6) is 5.75 Å². The van der Waals surface area contributed by atoms with Gasteiger partial charge >= 0.3 is 0 Å². The molecule has 0 bridgehead atoms. The van der Waals surface area contributed by atoms with Gasteiger partial charge in [0.15, 0.2) is 0 Å². The lowest BCUT2D eigenvalue weighted by Gasteiger charge is -2.46. The SMILES string of the molecule is O[C@H]1CCN(CC2(O)CCN(c3ccccc3F)CC2)C[C@]1(O)COc1ccc(F)cc1. The Balaban J connectivity index is 1.33. The number of anilines is 1. The molecule has 32 heavy (non-hydrogen) atoms. The van der Waals surface area contributed by atoms with E-state index in [1.54, 1.807) is 18.2 Å². The molecule has 0 spiro atoms. The number of rotatable bonds is 6. The van der Waals surface area contributed by atoms with Crippen LogP contribution < -0.4 is 9.64 Å². The summed E-state index contributed by atoms with van der Waals surface area (Å²) in [5, 5.41) is 32.6. The molecule has 0 amide bonds. The first-order valence-corrected chi connectivity index (χ1v) is 11.0. The number of aliphatic hydroxyl groups excluding tert-OH is 1. The first-order valence-electron chi connectivity index (χ1n) is 11.0. The quantitative estimate of drug-likeness (QED) is 0.629. The van der Waals surface area contributed by atoms with Gasteiger partial charge in [-0.2, -0.15) is 0 Å². The van der Waals surface area contributed by atoms with Gasteiger partial charge in [0, 0.05) is 32.7 Å². The van der Waals surface area contributed by atoms with Crippen molar-refractivity contribution in [3.05, 3.63) is 60.2 Å². The van der Waals surface area contributed by atoms with Crippen molar-refractivity contribution < 1.29 is 28.8 Å². The highest BCUT2D eigenvalue weighted by Crippen LogP contribution is 2.31. The second-order valence-electron chi connectivity index (χ2n) is 9.02. The highest BCUT2D eigenvalue weighted by Gasteiger charge is 2.44. The third-order valence-corrected chi connectivity index (χ3v) is 6.54. The lowest BCUT2D eigenvalue weighted by Crippen LogP contribution is -2.62. The summed E-state index contributed by atoms with van der Waals surface area (Å²) >= 11 is 0. The molecule has 0 unspecified atom stereocenters. The van der Waals surface area contributed by atoms with Crippen molar-refractivity contribution in [2.75, 3.05) is 44.2 Å². The number of benzene rings is 2. The number of likely N-dealkylation sites (tertiary alicyclic amines) is 1. The smallest absolute Gasteiger partial charge is 0.146 e. The Morgan fingerprint density at radius 2 is 1.66 bits per heavy atom. The molecule has 2 aliphatic heterocycles. The molecule has 2 atom stereocenters. The molecule has 2 heterocycles. The Bertz CT molecular complexity index is 905. The second-order valence-corrected chi connectivity index (χ2v) is 9.02. The van der Waals surface area contributed by atoms with Gasteiger partial charge in [0.25, 0.3) is 0 Å². The molecule has 0 radical (unpaired) electrons. The van der Waals surface area contributed by atoms with Crippen LogP contribution >= 0.6 is 0 Å². The van der Waals surface area contributed by atoms with E-state index >= 15 is 0 Å². The molecular formula is C24H30F2N2O4. The average Bonchev–Trinajstić information content (AvgIpc) is 2.77. The number of halogens is 2. The van der Waals surface area contributed by atoms with Crippen LogP contribution in [0.3, 0.4) is 0 Å². The van der Waals surface area contributed by atoms with Gasteiger partial charge in [-0.15, -0.1) is 0 Å². The van der Waals surface area contributed by atoms with Crippen molar-refractivity contribution in [2.24, 2.45) is 0 Å². The molecule has 174 valence electrons. The number of hydrogen-bond acceptors (Lipinski definition) is 6. The zero-order valence-electron chi connectivity index (χ0n) is 18.0. The molecular weight excluding hydrogens is 418 g/mol. The maximum atomic E-state index is 14.1. The molecule has 2 aliphatic rings. The average molecular weight is 449 g/mol. The van der Waals surface area contributed by atoms with Gasteiger partial charge < -0.3 is 25.0 Å². The van der Waals surface area contributed by atoms with E-state index < -0.39 is 17.3 Å². The largest absolute Gasteiger partial charge is 0.490 e. The maximum Gasteiger partial charge on any atom is 0.146 e. The summed E-state index contributed by atoms with van der Waals surface area (Å²) < 4.78 is 32.8. The fraction of sp³-hybridized carbons (Fsp3) is 0.500. The normalized spacial score (nSPS) is 26.2. The Morgan fingerprint density at radius 3 is 2.34 bits per heavy atom. The Kier molecular flexibility index (Phi) is 6.67. The van der Waals surface area contributed by atoms with Crippen LogP contribution in [-0.2, 0) is 0 Å². The zero-order chi connectivity index (χ0) is 22.8. The molecule has 2 aromatic carbocycles. The van der Waals surface area contributed by atoms with Crippen LogP contribution in [0.1, 0.15) is 19.3 Å². The summed E-state index contributed by atoms with van der Waals surface area (Å²) in [6.45, 7) is 1.96. The lowest BCUT2D eigenvalue weighted by atomic mass is 9.86. The minimum absolute atomic E-state index is 0.143. The molecule has 0 aromatic heterocycles. The van der Waals surface area contributed by atoms with Gasteiger partial charge in [0.2, 0.25) is 0 Å². The number of hydrogen-bond donors (Lipinski definition) is 3. The summed E-state index contributed by atoms with van der Waals surface area (Å²) in [4.78, 5) is 3.89. The Hall–Kier alpha value is -2.26. The molecule has 3 N–H and O–H groups in total. The molecule has 2 fully saturated rings. The van der Waals surface area contributed by atoms with E-state index in [0.717, 1.165) is 0 Å². The summed E-state index contributed by atoms with van der Waals surface area (Å²) in [6.07, 6.45) is 0.341. The van der Waals surface area contributed by atoms with E-state index in [9.17, 15) is 24.1 Å². The van der Waals surface area contributed by atoms with Gasteiger partial charge in [0.1, 0.15) is 29.6 Å². The number of nitrogens with zero attached hydrogens (tertiary/aromatic N) is 2. The maximum absolute atomic E-state index is 14.1. The van der Waals surface area contributed by atoms with E-state index in [4.69, 9.17) is 4.74 Å². The van der Waals surface area contributed by atoms with Gasteiger partial charge in [-0.1, -0.05) is 12.1 Å². The van der Waals surface area contributed by atoms with Crippen LogP contribution in [0.15, 0.2) is 48.5 Å². The zero-order valence-corrected chi connectivity index (χ0v) is 18.0. The van der Waals surface area contributed by atoms with E-state index in [-0.39, 0.29) is 24.8 Å². The number of ether oxygens (including phenoxy) is 1. The van der Waals surface area contributed by atoms with Crippen molar-refractivity contribution in [2.45, 2.75) is 36.6 Å². The number of piperidine rings is 2. The van der Waals surface area contributed by atoms with E-state index in [0.29, 0.717) is 56.9 Å². The molecule has 8 heteroatoms. The summed E-state index contributed by atoms with van der Waals surface area (Å²) in [5.41, 5.74) is -1.91. The first kappa shape index (κ1) is 22.9. The Labute approximate surface area is 186 Å². The molecule has 6 nitrogen and oxygen atoms in total. The predicted molar refractivity (Wildman–Crippen MR) is 117 cm³/mol. The van der Waals surface area contributed by atoms with Crippen LogP contribution in [0.25, 0.3) is 0 Å². The van der Waals surface area contributed by atoms with Crippen molar-refractivity contribution in [1.29, 1.82) is 0 Å². The minimum atomic E-state index is -1.50. The highest BCUT2D eigenvalue weighted by atomic mass is 19.1. The molecule has 0 saturated carbocycles. The summed E-state index contributed by atoms with van der Waals surface area (Å²) in [5.74, 6) is -0.244. The number of aliphatic hydroxyl groups is 3. The summed E-state index contributed by atoms with van der Waals surface area (Å²) in [7, 11) is 0. The molecule has 0 aliphatic carbocycles. The first-order chi connectivity index (χ1) is 15.3. The predicted octanol–water partition coefficient (Wildman–Crippen LogP) is 2.17. The minimum Gasteiger partial charge on any atom is -0.490 e. The van der Waals surface area contributed by atoms with E-state index in [2.05, 4.69) is 0 Å². The van der Waals surface area contributed by atoms with Crippen LogP contribution in [0.2, 0.25) is 0 Å².